The summed E-state index contributed by atoms with van der Waals surface area (Å²) in [5, 5.41) is 2.04. The van der Waals surface area contributed by atoms with Crippen LogP contribution in [0, 0.1) is 6.92 Å². The fraction of sp³-hybridized carbons (Fsp3) is 0.167. The molecule has 0 spiro atoms. The van der Waals surface area contributed by atoms with Gasteiger partial charge in [0, 0.05) is 18.3 Å². The third-order valence-electron chi connectivity index (χ3n) is 2.54. The van der Waals surface area contributed by atoms with E-state index in [9.17, 15) is 0 Å². The third-order valence-corrected chi connectivity index (χ3v) is 6.04. The molecule has 2 rings (SSSR count). The molecule has 2 aromatic rings. The van der Waals surface area contributed by atoms with Crippen LogP contribution in [0.1, 0.15) is 22.0 Å². The monoisotopic (exact) mass is 437 g/mol. The lowest BCUT2D eigenvalue weighted by Crippen LogP contribution is -2.11. The summed E-state index contributed by atoms with van der Waals surface area (Å²) in [4.78, 5) is 1.14. The van der Waals surface area contributed by atoms with E-state index in [1.165, 1.54) is 5.56 Å². The molecule has 0 aliphatic rings. The van der Waals surface area contributed by atoms with Crippen molar-refractivity contribution in [3.05, 3.63) is 53.0 Å². The quantitative estimate of drug-likeness (QED) is 0.666. The van der Waals surface area contributed by atoms with Gasteiger partial charge in [0.2, 0.25) is 0 Å². The molecule has 0 saturated heterocycles. The van der Waals surface area contributed by atoms with Crippen molar-refractivity contribution in [1.29, 1.82) is 0 Å². The number of benzene rings is 1. The second-order valence-corrected chi connectivity index (χ2v) is 7.24. The van der Waals surface area contributed by atoms with E-state index in [2.05, 4.69) is 66.8 Å². The van der Waals surface area contributed by atoms with Gasteiger partial charge in [-0.25, -0.2) is 0 Å². The normalized spacial score (nSPS) is 12.8. The number of halogens is 3. The van der Waals surface area contributed by atoms with Gasteiger partial charge < -0.3 is 5.73 Å². The maximum absolute atomic E-state index is 6.31. The van der Waals surface area contributed by atoms with Crippen LogP contribution >= 0.6 is 59.1 Å². The van der Waals surface area contributed by atoms with Gasteiger partial charge >= 0.3 is 0 Å². The Labute approximate surface area is 130 Å². The molecular formula is C12H10Br3NS. The van der Waals surface area contributed by atoms with Crippen molar-refractivity contribution in [2.24, 2.45) is 5.73 Å². The van der Waals surface area contributed by atoms with Crippen LogP contribution in [-0.2, 0) is 0 Å². The zero-order valence-electron chi connectivity index (χ0n) is 9.01. The number of aryl methyl sites for hydroxylation is 1. The van der Waals surface area contributed by atoms with Gasteiger partial charge in [-0.3, -0.25) is 0 Å². The number of thiophene rings is 1. The lowest BCUT2D eigenvalue weighted by Gasteiger charge is -2.15. The predicted molar refractivity (Wildman–Crippen MR) is 84.6 cm³/mol. The lowest BCUT2D eigenvalue weighted by atomic mass is 10.0. The van der Waals surface area contributed by atoms with Gasteiger partial charge in [-0.1, -0.05) is 31.9 Å². The van der Waals surface area contributed by atoms with Crippen molar-refractivity contribution >= 4 is 59.1 Å². The number of nitrogens with two attached hydrogens (primary N) is 1. The molecule has 1 aromatic carbocycles. The molecule has 1 unspecified atom stereocenters. The molecule has 5 heteroatoms. The second kappa shape index (κ2) is 5.53. The van der Waals surface area contributed by atoms with Crippen LogP contribution < -0.4 is 5.73 Å². The van der Waals surface area contributed by atoms with E-state index in [0.717, 1.165) is 23.9 Å². The summed E-state index contributed by atoms with van der Waals surface area (Å²) in [6, 6.07) is 6.07. The Morgan fingerprint density at radius 3 is 2.41 bits per heavy atom. The second-order valence-electron chi connectivity index (χ2n) is 3.73. The molecule has 1 atom stereocenters. The molecule has 0 saturated carbocycles. The molecule has 17 heavy (non-hydrogen) atoms. The molecule has 1 aromatic heterocycles. The molecule has 0 radical (unpaired) electrons. The van der Waals surface area contributed by atoms with Crippen LogP contribution in [0.4, 0.5) is 0 Å². The number of hydrogen-bond acceptors (Lipinski definition) is 2. The first-order chi connectivity index (χ1) is 8.00. The minimum atomic E-state index is -0.115. The zero-order chi connectivity index (χ0) is 12.6. The van der Waals surface area contributed by atoms with E-state index >= 15 is 0 Å². The van der Waals surface area contributed by atoms with Crippen molar-refractivity contribution in [3.8, 4) is 0 Å². The highest BCUT2D eigenvalue weighted by Crippen LogP contribution is 2.36. The molecule has 90 valence electrons. The Kier molecular flexibility index (Phi) is 4.47. The zero-order valence-corrected chi connectivity index (χ0v) is 14.6. The summed E-state index contributed by atoms with van der Waals surface area (Å²) >= 11 is 12.3. The van der Waals surface area contributed by atoms with Crippen LogP contribution in [-0.4, -0.2) is 0 Å². The van der Waals surface area contributed by atoms with Crippen molar-refractivity contribution in [1.82, 2.24) is 0 Å². The Morgan fingerprint density at radius 2 is 1.82 bits per heavy atom. The summed E-state index contributed by atoms with van der Waals surface area (Å²) in [6.45, 7) is 2.06. The SMILES string of the molecule is Cc1cc(Br)c(C(N)c2sccc2Br)cc1Br. The van der Waals surface area contributed by atoms with Crippen molar-refractivity contribution < 1.29 is 0 Å². The highest BCUT2D eigenvalue weighted by molar-refractivity contribution is 9.11. The summed E-state index contributed by atoms with van der Waals surface area (Å²) < 4.78 is 3.20. The fourth-order valence-corrected chi connectivity index (χ4v) is 4.27. The fourth-order valence-electron chi connectivity index (χ4n) is 1.57. The van der Waals surface area contributed by atoms with Crippen LogP contribution in [0.5, 0.6) is 0 Å². The van der Waals surface area contributed by atoms with Crippen LogP contribution in [0.15, 0.2) is 37.0 Å². The molecule has 0 aliphatic heterocycles. The van der Waals surface area contributed by atoms with E-state index in [-0.39, 0.29) is 6.04 Å². The average Bonchev–Trinajstić information content (AvgIpc) is 2.69. The maximum Gasteiger partial charge on any atom is 0.0668 e. The number of hydrogen-bond donors (Lipinski definition) is 1. The summed E-state index contributed by atoms with van der Waals surface area (Å²) in [6.07, 6.45) is 0. The van der Waals surface area contributed by atoms with E-state index in [0.29, 0.717) is 0 Å². The van der Waals surface area contributed by atoms with Gasteiger partial charge in [0.1, 0.15) is 0 Å². The topological polar surface area (TPSA) is 26.0 Å². The summed E-state index contributed by atoms with van der Waals surface area (Å²) in [7, 11) is 0. The van der Waals surface area contributed by atoms with Crippen molar-refractivity contribution in [2.45, 2.75) is 13.0 Å². The van der Waals surface area contributed by atoms with Gasteiger partial charge in [0.25, 0.3) is 0 Å². The van der Waals surface area contributed by atoms with E-state index in [4.69, 9.17) is 5.73 Å². The molecule has 1 nitrogen and oxygen atoms in total. The minimum Gasteiger partial charge on any atom is -0.320 e. The van der Waals surface area contributed by atoms with Gasteiger partial charge in [-0.2, -0.15) is 0 Å². The van der Waals surface area contributed by atoms with Gasteiger partial charge in [-0.15, -0.1) is 11.3 Å². The highest BCUT2D eigenvalue weighted by Gasteiger charge is 2.17. The minimum absolute atomic E-state index is 0.115. The first kappa shape index (κ1) is 13.7. The van der Waals surface area contributed by atoms with Gasteiger partial charge in [0.15, 0.2) is 0 Å². The van der Waals surface area contributed by atoms with Crippen molar-refractivity contribution in [3.63, 3.8) is 0 Å². The van der Waals surface area contributed by atoms with Gasteiger partial charge in [-0.05, 0) is 57.6 Å². The Bertz CT molecular complexity index is 551. The van der Waals surface area contributed by atoms with Crippen LogP contribution in [0.25, 0.3) is 0 Å². The van der Waals surface area contributed by atoms with Crippen LogP contribution in [0.2, 0.25) is 0 Å². The standard InChI is InChI=1S/C12H10Br3NS/c1-6-4-10(15)7(5-9(6)14)11(16)12-8(13)2-3-17-12/h2-5,11H,16H2,1H3. The van der Waals surface area contributed by atoms with Crippen LogP contribution in [0.3, 0.4) is 0 Å². The smallest absolute Gasteiger partial charge is 0.0668 e. The number of rotatable bonds is 2. The molecule has 0 amide bonds. The Balaban J connectivity index is 2.48. The Hall–Kier alpha value is 0.320. The first-order valence-electron chi connectivity index (χ1n) is 4.94. The Morgan fingerprint density at radius 1 is 1.12 bits per heavy atom. The predicted octanol–water partition coefficient (Wildman–Crippen LogP) is 5.39. The molecule has 2 N–H and O–H groups in total. The summed E-state index contributed by atoms with van der Waals surface area (Å²) in [5.41, 5.74) is 8.59. The highest BCUT2D eigenvalue weighted by atomic mass is 79.9. The first-order valence-corrected chi connectivity index (χ1v) is 8.20. The van der Waals surface area contributed by atoms with Gasteiger partial charge in [0.05, 0.1) is 6.04 Å². The van der Waals surface area contributed by atoms with E-state index < -0.39 is 0 Å². The lowest BCUT2D eigenvalue weighted by molar-refractivity contribution is 0.880. The molecule has 0 fully saturated rings. The van der Waals surface area contributed by atoms with E-state index in [1.807, 2.05) is 11.4 Å². The molecule has 1 heterocycles. The van der Waals surface area contributed by atoms with E-state index in [1.54, 1.807) is 11.3 Å². The third kappa shape index (κ3) is 2.84. The molecule has 0 aliphatic carbocycles. The largest absolute Gasteiger partial charge is 0.320 e. The molecular weight excluding hydrogens is 430 g/mol. The average molecular weight is 440 g/mol. The summed E-state index contributed by atoms with van der Waals surface area (Å²) in [5.74, 6) is 0. The van der Waals surface area contributed by atoms with Crippen molar-refractivity contribution in [2.75, 3.05) is 0 Å². The maximum atomic E-state index is 6.31. The molecule has 0 bridgehead atoms.